The van der Waals surface area contributed by atoms with Gasteiger partial charge in [-0.1, -0.05) is 38.1 Å². The molecular weight excluding hydrogens is 343 g/mol. The first-order chi connectivity index (χ1) is 12.9. The van der Waals surface area contributed by atoms with Crippen molar-refractivity contribution in [2.45, 2.75) is 26.7 Å². The highest BCUT2D eigenvalue weighted by atomic mass is 19.1. The molecule has 1 aliphatic heterocycles. The average molecular weight is 368 g/mol. The van der Waals surface area contributed by atoms with Gasteiger partial charge in [-0.3, -0.25) is 9.59 Å². The molecule has 4 nitrogen and oxygen atoms in total. The Kier molecular flexibility index (Phi) is 5.89. The molecule has 2 unspecified atom stereocenters. The number of nitrogens with zero attached hydrogens (tertiary/aromatic N) is 1. The number of benzene rings is 2. The van der Waals surface area contributed by atoms with Crippen LogP contribution in [0.1, 0.15) is 36.2 Å². The lowest BCUT2D eigenvalue weighted by atomic mass is 9.91. The highest BCUT2D eigenvalue weighted by molar-refractivity contribution is 6.04. The first-order valence-electron chi connectivity index (χ1n) is 9.35. The van der Waals surface area contributed by atoms with Crippen molar-refractivity contribution < 1.29 is 14.0 Å². The Balaban J connectivity index is 1.73. The van der Waals surface area contributed by atoms with Crippen molar-refractivity contribution in [2.24, 2.45) is 11.8 Å². The standard InChI is InChI=1S/C22H25FN2O2/c1-15-10-16(2)14-25(13-15)22(27)19-8-3-4-9-20(19)24-21(26)12-17-6-5-7-18(23)11-17/h3-9,11,15-16H,10,12-14H2,1-2H3,(H,24,26). The SMILES string of the molecule is CC1CC(C)CN(C(=O)c2ccccc2NC(=O)Cc2cccc(F)c2)C1. The Morgan fingerprint density at radius 2 is 1.78 bits per heavy atom. The van der Waals surface area contributed by atoms with Crippen molar-refractivity contribution >= 4 is 17.5 Å². The van der Waals surface area contributed by atoms with E-state index in [0.29, 0.717) is 28.7 Å². The third-order valence-electron chi connectivity index (χ3n) is 4.84. The van der Waals surface area contributed by atoms with E-state index >= 15 is 0 Å². The van der Waals surface area contributed by atoms with Crippen LogP contribution in [0.3, 0.4) is 0 Å². The fourth-order valence-electron chi connectivity index (χ4n) is 3.80. The molecule has 5 heteroatoms. The third kappa shape index (κ3) is 4.94. The second-order valence-electron chi connectivity index (χ2n) is 7.56. The molecule has 142 valence electrons. The van der Waals surface area contributed by atoms with Gasteiger partial charge in [-0.15, -0.1) is 0 Å². The van der Waals surface area contributed by atoms with Crippen molar-refractivity contribution in [1.82, 2.24) is 4.90 Å². The lowest BCUT2D eigenvalue weighted by molar-refractivity contribution is -0.115. The van der Waals surface area contributed by atoms with Crippen LogP contribution in [-0.4, -0.2) is 29.8 Å². The Bertz CT molecular complexity index is 827. The zero-order valence-corrected chi connectivity index (χ0v) is 15.7. The minimum Gasteiger partial charge on any atom is -0.338 e. The number of likely N-dealkylation sites (tertiary alicyclic amines) is 1. The Labute approximate surface area is 159 Å². The fraction of sp³-hybridized carbons (Fsp3) is 0.364. The van der Waals surface area contributed by atoms with E-state index in [2.05, 4.69) is 19.2 Å². The summed E-state index contributed by atoms with van der Waals surface area (Å²) < 4.78 is 13.3. The largest absolute Gasteiger partial charge is 0.338 e. The normalized spacial score (nSPS) is 19.6. The molecule has 0 aromatic heterocycles. The molecule has 2 aromatic carbocycles. The molecule has 1 N–H and O–H groups in total. The number of anilines is 1. The highest BCUT2D eigenvalue weighted by Gasteiger charge is 2.27. The lowest BCUT2D eigenvalue weighted by Crippen LogP contribution is -2.42. The molecule has 1 aliphatic rings. The Hall–Kier alpha value is -2.69. The van der Waals surface area contributed by atoms with E-state index in [1.54, 1.807) is 36.4 Å². The second kappa shape index (κ2) is 8.33. The van der Waals surface area contributed by atoms with Gasteiger partial charge in [-0.25, -0.2) is 4.39 Å². The summed E-state index contributed by atoms with van der Waals surface area (Å²) in [6.45, 7) is 5.77. The first-order valence-corrected chi connectivity index (χ1v) is 9.35. The Morgan fingerprint density at radius 1 is 1.07 bits per heavy atom. The molecule has 1 saturated heterocycles. The maximum Gasteiger partial charge on any atom is 0.255 e. The Morgan fingerprint density at radius 3 is 2.48 bits per heavy atom. The number of para-hydroxylation sites is 1. The number of carbonyl (C=O) groups excluding carboxylic acids is 2. The topological polar surface area (TPSA) is 49.4 Å². The predicted octanol–water partition coefficient (Wildman–Crippen LogP) is 4.13. The molecule has 0 saturated carbocycles. The summed E-state index contributed by atoms with van der Waals surface area (Å²) in [5.74, 6) is 0.223. The maximum absolute atomic E-state index is 13.3. The van der Waals surface area contributed by atoms with Crippen LogP contribution < -0.4 is 5.32 Å². The number of rotatable bonds is 4. The van der Waals surface area contributed by atoms with E-state index in [-0.39, 0.29) is 24.1 Å². The number of hydrogen-bond acceptors (Lipinski definition) is 2. The van der Waals surface area contributed by atoms with Crippen LogP contribution in [0.4, 0.5) is 10.1 Å². The summed E-state index contributed by atoms with van der Waals surface area (Å²) in [6.07, 6.45) is 1.17. The number of amides is 2. The molecule has 2 aromatic rings. The van der Waals surface area contributed by atoms with Gasteiger partial charge < -0.3 is 10.2 Å². The van der Waals surface area contributed by atoms with Crippen molar-refractivity contribution in [3.8, 4) is 0 Å². The molecule has 27 heavy (non-hydrogen) atoms. The van der Waals surface area contributed by atoms with Gasteiger partial charge in [-0.05, 0) is 48.1 Å². The zero-order valence-electron chi connectivity index (χ0n) is 15.7. The van der Waals surface area contributed by atoms with Crippen LogP contribution in [0, 0.1) is 17.7 Å². The molecule has 3 rings (SSSR count). The molecule has 0 radical (unpaired) electrons. The monoisotopic (exact) mass is 368 g/mol. The number of hydrogen-bond donors (Lipinski definition) is 1. The molecular formula is C22H25FN2O2. The molecule has 0 aliphatic carbocycles. The summed E-state index contributed by atoms with van der Waals surface area (Å²) >= 11 is 0. The molecule has 1 fully saturated rings. The van der Waals surface area contributed by atoms with Gasteiger partial charge >= 0.3 is 0 Å². The van der Waals surface area contributed by atoms with Crippen molar-refractivity contribution in [1.29, 1.82) is 0 Å². The van der Waals surface area contributed by atoms with Gasteiger partial charge in [-0.2, -0.15) is 0 Å². The lowest BCUT2D eigenvalue weighted by Gasteiger charge is -2.35. The van der Waals surface area contributed by atoms with Crippen LogP contribution in [0.15, 0.2) is 48.5 Å². The first kappa shape index (κ1) is 19.1. The minimum atomic E-state index is -0.371. The van der Waals surface area contributed by atoms with E-state index in [9.17, 15) is 14.0 Å². The summed E-state index contributed by atoms with van der Waals surface area (Å²) in [5, 5.41) is 2.81. The highest BCUT2D eigenvalue weighted by Crippen LogP contribution is 2.25. The zero-order chi connectivity index (χ0) is 19.4. The molecule has 0 bridgehead atoms. The van der Waals surface area contributed by atoms with Crippen LogP contribution in [0.5, 0.6) is 0 Å². The van der Waals surface area contributed by atoms with Crippen LogP contribution in [0.25, 0.3) is 0 Å². The fourth-order valence-corrected chi connectivity index (χ4v) is 3.80. The van der Waals surface area contributed by atoms with Crippen molar-refractivity contribution in [3.05, 3.63) is 65.5 Å². The van der Waals surface area contributed by atoms with Crippen LogP contribution in [0.2, 0.25) is 0 Å². The minimum absolute atomic E-state index is 0.0536. The van der Waals surface area contributed by atoms with Crippen molar-refractivity contribution in [2.75, 3.05) is 18.4 Å². The quantitative estimate of drug-likeness (QED) is 0.882. The van der Waals surface area contributed by atoms with E-state index in [0.717, 1.165) is 19.5 Å². The number of halogens is 1. The predicted molar refractivity (Wildman–Crippen MR) is 104 cm³/mol. The van der Waals surface area contributed by atoms with Gasteiger partial charge in [0.05, 0.1) is 17.7 Å². The molecule has 0 spiro atoms. The maximum atomic E-state index is 13.3. The van der Waals surface area contributed by atoms with Gasteiger partial charge in [0.15, 0.2) is 0 Å². The van der Waals surface area contributed by atoms with E-state index in [1.165, 1.54) is 12.1 Å². The second-order valence-corrected chi connectivity index (χ2v) is 7.56. The van der Waals surface area contributed by atoms with Gasteiger partial charge in [0, 0.05) is 13.1 Å². The third-order valence-corrected chi connectivity index (χ3v) is 4.84. The van der Waals surface area contributed by atoms with Crippen LogP contribution >= 0.6 is 0 Å². The number of nitrogens with one attached hydrogen (secondary N) is 1. The van der Waals surface area contributed by atoms with E-state index < -0.39 is 0 Å². The molecule has 1 heterocycles. The smallest absolute Gasteiger partial charge is 0.255 e. The van der Waals surface area contributed by atoms with Crippen molar-refractivity contribution in [3.63, 3.8) is 0 Å². The van der Waals surface area contributed by atoms with Crippen LogP contribution in [-0.2, 0) is 11.2 Å². The summed E-state index contributed by atoms with van der Waals surface area (Å²) in [4.78, 5) is 27.3. The summed E-state index contributed by atoms with van der Waals surface area (Å²) in [6, 6.07) is 13.0. The number of piperidine rings is 1. The average Bonchev–Trinajstić information content (AvgIpc) is 2.60. The van der Waals surface area contributed by atoms with Gasteiger partial charge in [0.2, 0.25) is 5.91 Å². The number of carbonyl (C=O) groups is 2. The van der Waals surface area contributed by atoms with Gasteiger partial charge in [0.25, 0.3) is 5.91 Å². The van der Waals surface area contributed by atoms with Gasteiger partial charge in [0.1, 0.15) is 5.82 Å². The molecule has 2 atom stereocenters. The van der Waals surface area contributed by atoms with E-state index in [1.807, 2.05) is 4.90 Å². The summed E-state index contributed by atoms with van der Waals surface area (Å²) in [7, 11) is 0. The summed E-state index contributed by atoms with van der Waals surface area (Å²) in [5.41, 5.74) is 1.58. The molecule has 2 amide bonds. The van der Waals surface area contributed by atoms with E-state index in [4.69, 9.17) is 0 Å².